The fraction of sp³-hybridized carbons (Fsp3) is 0.217. The number of nitrogens with two attached hydrogens (primary N) is 1. The summed E-state index contributed by atoms with van der Waals surface area (Å²) in [4.78, 5) is 12.7. The number of ether oxygens (including phenoxy) is 1. The second-order valence-corrected chi connectivity index (χ2v) is 7.19. The first kappa shape index (κ1) is 18.0. The van der Waals surface area contributed by atoms with Gasteiger partial charge in [-0.2, -0.15) is 5.10 Å². The molecule has 1 amide bonds. The highest BCUT2D eigenvalue weighted by molar-refractivity contribution is 6.06. The number of carbonyl (C=O) groups excluding carboxylic acids is 1. The summed E-state index contributed by atoms with van der Waals surface area (Å²) >= 11 is 0. The number of fused-ring (bicyclic) bond motifs is 1. The van der Waals surface area contributed by atoms with Gasteiger partial charge in [-0.1, -0.05) is 30.7 Å². The normalized spacial score (nSPS) is 14.1. The molecule has 0 saturated heterocycles. The second-order valence-electron chi connectivity index (χ2n) is 7.19. The molecular formula is C23H23N3O2. The SMILES string of the molecule is NN=Cc1ccc2cc(C(=O)Nc3cccc(OCC4CCC4)c3)ccc2c1. The molecular weight excluding hydrogens is 350 g/mol. The van der Waals surface area contributed by atoms with E-state index in [1.54, 1.807) is 6.21 Å². The zero-order valence-electron chi connectivity index (χ0n) is 15.6. The van der Waals surface area contributed by atoms with Crippen LogP contribution in [0.2, 0.25) is 0 Å². The third kappa shape index (κ3) is 4.14. The fourth-order valence-electron chi connectivity index (χ4n) is 3.31. The molecule has 1 fully saturated rings. The summed E-state index contributed by atoms with van der Waals surface area (Å²) in [5.74, 6) is 6.52. The summed E-state index contributed by atoms with van der Waals surface area (Å²) in [6, 6.07) is 19.0. The van der Waals surface area contributed by atoms with Crippen LogP contribution in [0.1, 0.15) is 35.2 Å². The molecule has 4 rings (SSSR count). The summed E-state index contributed by atoms with van der Waals surface area (Å²) in [6.07, 6.45) is 5.40. The standard InChI is InChI=1S/C23H23N3O2/c24-25-14-17-7-8-19-12-20(10-9-18(19)11-17)23(27)26-21-5-2-6-22(13-21)28-15-16-3-1-4-16/h2,5-14,16H,1,3-4,15,24H2,(H,26,27). The second kappa shape index (κ2) is 8.13. The molecule has 5 heteroatoms. The van der Waals surface area contributed by atoms with Crippen LogP contribution in [-0.4, -0.2) is 18.7 Å². The van der Waals surface area contributed by atoms with Gasteiger partial charge in [0, 0.05) is 17.3 Å². The minimum absolute atomic E-state index is 0.148. The van der Waals surface area contributed by atoms with Crippen LogP contribution in [-0.2, 0) is 0 Å². The van der Waals surface area contributed by atoms with E-state index in [0.717, 1.165) is 34.4 Å². The summed E-state index contributed by atoms with van der Waals surface area (Å²) < 4.78 is 5.86. The minimum atomic E-state index is -0.148. The summed E-state index contributed by atoms with van der Waals surface area (Å²) in [5.41, 5.74) is 2.25. The van der Waals surface area contributed by atoms with Crippen molar-refractivity contribution in [3.8, 4) is 5.75 Å². The molecule has 1 aliphatic rings. The molecule has 5 nitrogen and oxygen atoms in total. The van der Waals surface area contributed by atoms with E-state index < -0.39 is 0 Å². The maximum atomic E-state index is 12.7. The van der Waals surface area contributed by atoms with Gasteiger partial charge in [0.2, 0.25) is 0 Å². The van der Waals surface area contributed by atoms with Crippen molar-refractivity contribution >= 4 is 28.6 Å². The minimum Gasteiger partial charge on any atom is -0.493 e. The van der Waals surface area contributed by atoms with Crippen LogP contribution in [0.3, 0.4) is 0 Å². The quantitative estimate of drug-likeness (QED) is 0.378. The molecule has 0 aliphatic heterocycles. The van der Waals surface area contributed by atoms with Gasteiger partial charge in [0.15, 0.2) is 0 Å². The molecule has 3 N–H and O–H groups in total. The lowest BCUT2D eigenvalue weighted by Crippen LogP contribution is -2.19. The largest absolute Gasteiger partial charge is 0.493 e. The maximum Gasteiger partial charge on any atom is 0.255 e. The Labute approximate surface area is 164 Å². The van der Waals surface area contributed by atoms with Crippen molar-refractivity contribution in [2.75, 3.05) is 11.9 Å². The highest BCUT2D eigenvalue weighted by Crippen LogP contribution is 2.28. The first-order valence-corrected chi connectivity index (χ1v) is 9.52. The van der Waals surface area contributed by atoms with Gasteiger partial charge in [0.05, 0.1) is 12.8 Å². The fourth-order valence-corrected chi connectivity index (χ4v) is 3.31. The maximum absolute atomic E-state index is 12.7. The summed E-state index contributed by atoms with van der Waals surface area (Å²) in [7, 11) is 0. The van der Waals surface area contributed by atoms with Crippen molar-refractivity contribution in [1.82, 2.24) is 0 Å². The van der Waals surface area contributed by atoms with Crippen LogP contribution in [0, 0.1) is 5.92 Å². The zero-order chi connectivity index (χ0) is 19.3. The predicted octanol–water partition coefficient (Wildman–Crippen LogP) is 4.56. The molecule has 28 heavy (non-hydrogen) atoms. The van der Waals surface area contributed by atoms with Crippen LogP contribution in [0.15, 0.2) is 65.8 Å². The molecule has 0 aromatic heterocycles. The molecule has 0 spiro atoms. The average Bonchev–Trinajstić information content (AvgIpc) is 2.67. The molecule has 0 bridgehead atoms. The van der Waals surface area contributed by atoms with Crippen molar-refractivity contribution in [3.05, 3.63) is 71.8 Å². The lowest BCUT2D eigenvalue weighted by Gasteiger charge is -2.25. The number of hydrazone groups is 1. The monoisotopic (exact) mass is 373 g/mol. The van der Waals surface area contributed by atoms with Crippen LogP contribution < -0.4 is 15.9 Å². The van der Waals surface area contributed by atoms with E-state index in [4.69, 9.17) is 10.6 Å². The van der Waals surface area contributed by atoms with Crippen molar-refractivity contribution in [3.63, 3.8) is 0 Å². The van der Waals surface area contributed by atoms with Crippen LogP contribution in [0.5, 0.6) is 5.75 Å². The number of hydrogen-bond donors (Lipinski definition) is 2. The van der Waals surface area contributed by atoms with Crippen molar-refractivity contribution < 1.29 is 9.53 Å². The Kier molecular flexibility index (Phi) is 5.24. The molecule has 1 saturated carbocycles. The molecule has 3 aromatic rings. The van der Waals surface area contributed by atoms with Gasteiger partial charge in [-0.05, 0) is 65.4 Å². The van der Waals surface area contributed by atoms with Gasteiger partial charge in [0.1, 0.15) is 5.75 Å². The Bertz CT molecular complexity index is 1030. The van der Waals surface area contributed by atoms with E-state index in [-0.39, 0.29) is 5.91 Å². The van der Waals surface area contributed by atoms with Gasteiger partial charge in [-0.15, -0.1) is 0 Å². The van der Waals surface area contributed by atoms with Gasteiger partial charge < -0.3 is 15.9 Å². The summed E-state index contributed by atoms with van der Waals surface area (Å²) in [6.45, 7) is 0.749. The molecule has 0 radical (unpaired) electrons. The number of anilines is 1. The van der Waals surface area contributed by atoms with E-state index in [0.29, 0.717) is 11.5 Å². The Morgan fingerprint density at radius 2 is 1.93 bits per heavy atom. The van der Waals surface area contributed by atoms with E-state index in [1.807, 2.05) is 60.7 Å². The number of nitrogens with one attached hydrogen (secondary N) is 1. The average molecular weight is 373 g/mol. The third-order valence-corrected chi connectivity index (χ3v) is 5.15. The van der Waals surface area contributed by atoms with E-state index >= 15 is 0 Å². The molecule has 0 heterocycles. The van der Waals surface area contributed by atoms with Crippen LogP contribution in [0.4, 0.5) is 5.69 Å². The van der Waals surface area contributed by atoms with Crippen LogP contribution >= 0.6 is 0 Å². The number of rotatable bonds is 6. The first-order chi connectivity index (χ1) is 13.7. The highest BCUT2D eigenvalue weighted by Gasteiger charge is 2.18. The van der Waals surface area contributed by atoms with E-state index in [9.17, 15) is 4.79 Å². The summed E-state index contributed by atoms with van der Waals surface area (Å²) in [5, 5.41) is 8.51. The third-order valence-electron chi connectivity index (χ3n) is 5.15. The number of carbonyl (C=O) groups is 1. The smallest absolute Gasteiger partial charge is 0.255 e. The predicted molar refractivity (Wildman–Crippen MR) is 113 cm³/mol. The lowest BCUT2D eigenvalue weighted by molar-refractivity contribution is 0.102. The number of hydrogen-bond acceptors (Lipinski definition) is 4. The van der Waals surface area contributed by atoms with Crippen molar-refractivity contribution in [2.24, 2.45) is 16.9 Å². The molecule has 1 aliphatic carbocycles. The first-order valence-electron chi connectivity index (χ1n) is 9.52. The van der Waals surface area contributed by atoms with Gasteiger partial charge >= 0.3 is 0 Å². The van der Waals surface area contributed by atoms with Gasteiger partial charge in [-0.3, -0.25) is 4.79 Å². The molecule has 0 atom stereocenters. The molecule has 0 unspecified atom stereocenters. The number of benzene rings is 3. The highest BCUT2D eigenvalue weighted by atomic mass is 16.5. The zero-order valence-corrected chi connectivity index (χ0v) is 15.6. The van der Waals surface area contributed by atoms with Gasteiger partial charge in [0.25, 0.3) is 5.91 Å². The van der Waals surface area contributed by atoms with E-state index in [2.05, 4.69) is 10.4 Å². The Balaban J connectivity index is 1.46. The number of nitrogens with zero attached hydrogens (tertiary/aromatic N) is 1. The lowest BCUT2D eigenvalue weighted by atomic mass is 9.86. The molecule has 142 valence electrons. The topological polar surface area (TPSA) is 76.7 Å². The van der Waals surface area contributed by atoms with Crippen LogP contribution in [0.25, 0.3) is 10.8 Å². The van der Waals surface area contributed by atoms with Gasteiger partial charge in [-0.25, -0.2) is 0 Å². The molecule has 3 aromatic carbocycles. The Morgan fingerprint density at radius 3 is 2.71 bits per heavy atom. The van der Waals surface area contributed by atoms with Crippen molar-refractivity contribution in [2.45, 2.75) is 19.3 Å². The van der Waals surface area contributed by atoms with E-state index in [1.165, 1.54) is 19.3 Å². The Hall–Kier alpha value is -3.34. The van der Waals surface area contributed by atoms with Crippen molar-refractivity contribution in [1.29, 1.82) is 0 Å². The Morgan fingerprint density at radius 1 is 1.11 bits per heavy atom. The number of amides is 1.